The van der Waals surface area contributed by atoms with Crippen molar-refractivity contribution in [2.24, 2.45) is 4.99 Å². The van der Waals surface area contributed by atoms with Crippen molar-refractivity contribution in [2.75, 3.05) is 33.3 Å². The molecule has 1 fully saturated rings. The normalized spacial score (nSPS) is 15.2. The number of halogens is 1. The molecule has 7 heteroatoms. The topological polar surface area (TPSA) is 66.0 Å². The Kier molecular flexibility index (Phi) is 10.4. The molecular weight excluding hydrogens is 443 g/mol. The number of amides is 1. The van der Waals surface area contributed by atoms with Crippen LogP contribution in [0, 0.1) is 6.92 Å². The smallest absolute Gasteiger partial charge is 0.409 e. The van der Waals surface area contributed by atoms with Gasteiger partial charge in [-0.25, -0.2) is 4.79 Å². The molecule has 2 N–H and O–H groups in total. The van der Waals surface area contributed by atoms with Crippen molar-refractivity contribution in [3.8, 4) is 0 Å². The van der Waals surface area contributed by atoms with Gasteiger partial charge in [-0.3, -0.25) is 4.99 Å². The summed E-state index contributed by atoms with van der Waals surface area (Å²) < 4.78 is 4.78. The van der Waals surface area contributed by atoms with Crippen LogP contribution in [0.15, 0.2) is 29.3 Å². The molecule has 1 aromatic rings. The number of rotatable bonds is 5. The molecule has 0 aliphatic carbocycles. The van der Waals surface area contributed by atoms with Gasteiger partial charge in [-0.15, -0.1) is 24.0 Å². The number of aryl methyl sites for hydroxylation is 1. The van der Waals surface area contributed by atoms with E-state index in [9.17, 15) is 4.79 Å². The lowest BCUT2D eigenvalue weighted by Crippen LogP contribution is -2.49. The molecule has 0 spiro atoms. The molecule has 0 saturated carbocycles. The predicted octanol–water partition coefficient (Wildman–Crippen LogP) is 2.94. The molecule has 1 aliphatic rings. The third-order valence-electron chi connectivity index (χ3n) is 4.40. The molecule has 1 aromatic carbocycles. The molecule has 26 heavy (non-hydrogen) atoms. The molecule has 0 unspecified atom stereocenters. The van der Waals surface area contributed by atoms with E-state index in [0.29, 0.717) is 19.1 Å². The summed E-state index contributed by atoms with van der Waals surface area (Å²) in [5, 5.41) is 6.79. The van der Waals surface area contributed by atoms with Crippen LogP contribution in [0.2, 0.25) is 0 Å². The molecule has 6 nitrogen and oxygen atoms in total. The molecule has 1 heterocycles. The minimum atomic E-state index is -0.239. The van der Waals surface area contributed by atoms with E-state index in [0.717, 1.165) is 38.3 Å². The lowest BCUT2D eigenvalue weighted by Gasteiger charge is -2.32. The van der Waals surface area contributed by atoms with Gasteiger partial charge in [0.25, 0.3) is 0 Å². The largest absolute Gasteiger partial charge is 0.453 e. The van der Waals surface area contributed by atoms with E-state index in [4.69, 9.17) is 4.74 Å². The average Bonchev–Trinajstić information content (AvgIpc) is 2.63. The van der Waals surface area contributed by atoms with Gasteiger partial charge in [-0.2, -0.15) is 0 Å². The Labute approximate surface area is 173 Å². The molecule has 0 aromatic heterocycles. The number of hydrogen-bond donors (Lipinski definition) is 2. The summed E-state index contributed by atoms with van der Waals surface area (Å²) in [4.78, 5) is 18.0. The van der Waals surface area contributed by atoms with Crippen LogP contribution < -0.4 is 10.6 Å². The second-order valence-corrected chi connectivity index (χ2v) is 6.37. The first-order valence-corrected chi connectivity index (χ1v) is 9.05. The Bertz CT molecular complexity index is 569. The van der Waals surface area contributed by atoms with Gasteiger partial charge in [-0.05, 0) is 38.7 Å². The number of benzene rings is 1. The maximum atomic E-state index is 11.5. The number of carbonyl (C=O) groups is 1. The van der Waals surface area contributed by atoms with Crippen molar-refractivity contribution in [2.45, 2.75) is 39.2 Å². The summed E-state index contributed by atoms with van der Waals surface area (Å²) in [5.41, 5.74) is 2.58. The number of nitrogens with zero attached hydrogens (tertiary/aromatic N) is 2. The van der Waals surface area contributed by atoms with Crippen LogP contribution >= 0.6 is 24.0 Å². The van der Waals surface area contributed by atoms with Gasteiger partial charge < -0.3 is 20.3 Å². The maximum Gasteiger partial charge on any atom is 0.409 e. The van der Waals surface area contributed by atoms with Gasteiger partial charge in [0.1, 0.15) is 0 Å². The van der Waals surface area contributed by atoms with E-state index in [-0.39, 0.29) is 30.1 Å². The minimum Gasteiger partial charge on any atom is -0.453 e. The number of likely N-dealkylation sites (tertiary alicyclic amines) is 1. The standard InChI is InChI=1S/C19H30N4O2.HI/c1-4-20-18(21-12-9-16-7-5-15(2)6-8-16)22-17-10-13-23(14-11-17)19(24)25-3;/h5-8,17H,4,9-14H2,1-3H3,(H2,20,21,22);1H. The van der Waals surface area contributed by atoms with E-state index >= 15 is 0 Å². The first-order chi connectivity index (χ1) is 12.1. The number of guanidine groups is 1. The summed E-state index contributed by atoms with van der Waals surface area (Å²) in [5.74, 6) is 0.853. The molecule has 0 radical (unpaired) electrons. The van der Waals surface area contributed by atoms with Crippen LogP contribution in [0.5, 0.6) is 0 Å². The van der Waals surface area contributed by atoms with Crippen molar-refractivity contribution < 1.29 is 9.53 Å². The summed E-state index contributed by atoms with van der Waals surface area (Å²) in [6.07, 6.45) is 2.49. The zero-order valence-corrected chi connectivity index (χ0v) is 18.3. The molecule has 0 bridgehead atoms. The Morgan fingerprint density at radius 3 is 2.50 bits per heavy atom. The Morgan fingerprint density at radius 1 is 1.27 bits per heavy atom. The second kappa shape index (κ2) is 12.0. The number of nitrogens with one attached hydrogen (secondary N) is 2. The molecule has 1 amide bonds. The molecule has 146 valence electrons. The van der Waals surface area contributed by atoms with Gasteiger partial charge >= 0.3 is 6.09 Å². The molecule has 0 atom stereocenters. The van der Waals surface area contributed by atoms with Crippen molar-refractivity contribution in [1.29, 1.82) is 0 Å². The summed E-state index contributed by atoms with van der Waals surface area (Å²) in [6.45, 7) is 7.18. The number of methoxy groups -OCH3 is 1. The summed E-state index contributed by atoms with van der Waals surface area (Å²) in [6, 6.07) is 8.93. The third kappa shape index (κ3) is 7.39. The predicted molar refractivity (Wildman–Crippen MR) is 116 cm³/mol. The zero-order valence-electron chi connectivity index (χ0n) is 16.0. The zero-order chi connectivity index (χ0) is 18.1. The van der Waals surface area contributed by atoms with E-state index in [2.05, 4.69) is 53.7 Å². The highest BCUT2D eigenvalue weighted by molar-refractivity contribution is 14.0. The first kappa shape index (κ1) is 22.5. The fourth-order valence-electron chi connectivity index (χ4n) is 2.90. The first-order valence-electron chi connectivity index (χ1n) is 9.05. The molecule has 2 rings (SSSR count). The van der Waals surface area contributed by atoms with Gasteiger partial charge in [0.05, 0.1) is 7.11 Å². The lowest BCUT2D eigenvalue weighted by atomic mass is 10.1. The van der Waals surface area contributed by atoms with Crippen LogP contribution in [0.3, 0.4) is 0 Å². The Hall–Kier alpha value is -1.51. The van der Waals surface area contributed by atoms with Crippen molar-refractivity contribution in [3.05, 3.63) is 35.4 Å². The van der Waals surface area contributed by atoms with E-state index < -0.39 is 0 Å². The van der Waals surface area contributed by atoms with Crippen molar-refractivity contribution in [1.82, 2.24) is 15.5 Å². The number of ether oxygens (including phenoxy) is 1. The fourth-order valence-corrected chi connectivity index (χ4v) is 2.90. The van der Waals surface area contributed by atoms with E-state index in [1.54, 1.807) is 4.90 Å². The highest BCUT2D eigenvalue weighted by Crippen LogP contribution is 2.11. The summed E-state index contributed by atoms with van der Waals surface area (Å²) >= 11 is 0. The number of aliphatic imine (C=N–C) groups is 1. The maximum absolute atomic E-state index is 11.5. The van der Waals surface area contributed by atoms with Gasteiger partial charge in [0.2, 0.25) is 0 Å². The SMILES string of the molecule is CCNC(=NCCc1ccc(C)cc1)NC1CCN(C(=O)OC)CC1.I. The summed E-state index contributed by atoms with van der Waals surface area (Å²) in [7, 11) is 1.43. The fraction of sp³-hybridized carbons (Fsp3) is 0.579. The Balaban J connectivity index is 0.00000338. The quantitative estimate of drug-likeness (QED) is 0.392. The second-order valence-electron chi connectivity index (χ2n) is 6.37. The van der Waals surface area contributed by atoms with Gasteiger partial charge in [-0.1, -0.05) is 29.8 Å². The van der Waals surface area contributed by atoms with E-state index in [1.165, 1.54) is 18.2 Å². The third-order valence-corrected chi connectivity index (χ3v) is 4.40. The molecule has 1 saturated heterocycles. The highest BCUT2D eigenvalue weighted by Gasteiger charge is 2.23. The highest BCUT2D eigenvalue weighted by atomic mass is 127. The molecular formula is C19H31IN4O2. The number of carbonyl (C=O) groups excluding carboxylic acids is 1. The van der Waals surface area contributed by atoms with Gasteiger partial charge in [0, 0.05) is 32.2 Å². The molecule has 1 aliphatic heterocycles. The van der Waals surface area contributed by atoms with E-state index in [1.807, 2.05) is 0 Å². The van der Waals surface area contributed by atoms with Crippen LogP contribution in [0.25, 0.3) is 0 Å². The van der Waals surface area contributed by atoms with Crippen molar-refractivity contribution >= 4 is 36.0 Å². The monoisotopic (exact) mass is 474 g/mol. The number of piperidine rings is 1. The Morgan fingerprint density at radius 2 is 1.92 bits per heavy atom. The van der Waals surface area contributed by atoms with Crippen LogP contribution in [0.4, 0.5) is 4.79 Å². The van der Waals surface area contributed by atoms with Crippen molar-refractivity contribution in [3.63, 3.8) is 0 Å². The van der Waals surface area contributed by atoms with Crippen LogP contribution in [0.1, 0.15) is 30.9 Å². The van der Waals surface area contributed by atoms with Gasteiger partial charge in [0.15, 0.2) is 5.96 Å². The number of hydrogen-bond acceptors (Lipinski definition) is 3. The average molecular weight is 474 g/mol. The minimum absolute atomic E-state index is 0. The van der Waals surface area contributed by atoms with Crippen LogP contribution in [-0.2, 0) is 11.2 Å². The lowest BCUT2D eigenvalue weighted by molar-refractivity contribution is 0.111. The van der Waals surface area contributed by atoms with Crippen LogP contribution in [-0.4, -0.2) is 56.3 Å².